The Hall–Kier alpha value is -1.85. The lowest BCUT2D eigenvalue weighted by atomic mass is 10.1. The van der Waals surface area contributed by atoms with Gasteiger partial charge in [0.2, 0.25) is 0 Å². The number of benzene rings is 1. The van der Waals surface area contributed by atoms with Crippen molar-refractivity contribution in [1.29, 1.82) is 0 Å². The Morgan fingerprint density at radius 1 is 1.38 bits per heavy atom. The first kappa shape index (κ1) is 15.5. The van der Waals surface area contributed by atoms with E-state index in [-0.39, 0.29) is 0 Å². The first-order chi connectivity index (χ1) is 10.2. The van der Waals surface area contributed by atoms with Gasteiger partial charge in [-0.15, -0.1) is 0 Å². The van der Waals surface area contributed by atoms with Crippen molar-refractivity contribution in [3.8, 4) is 0 Å². The van der Waals surface area contributed by atoms with Crippen LogP contribution in [0.4, 0.5) is 0 Å². The van der Waals surface area contributed by atoms with Crippen LogP contribution in [-0.2, 0) is 17.8 Å². The molecule has 5 nitrogen and oxygen atoms in total. The van der Waals surface area contributed by atoms with Gasteiger partial charge in [0.05, 0.1) is 6.04 Å². The lowest BCUT2D eigenvalue weighted by Gasteiger charge is -2.08. The van der Waals surface area contributed by atoms with Gasteiger partial charge in [-0.05, 0) is 24.5 Å². The Morgan fingerprint density at radius 3 is 2.86 bits per heavy atom. The SMILES string of the molecule is CCCCCn1cc(C[C@H](N)C(=O)NO)c2ccccc21. The van der Waals surface area contributed by atoms with Crippen molar-refractivity contribution in [2.24, 2.45) is 5.73 Å². The van der Waals surface area contributed by atoms with Gasteiger partial charge in [0.25, 0.3) is 5.91 Å². The fraction of sp³-hybridized carbons (Fsp3) is 0.438. The van der Waals surface area contributed by atoms with Gasteiger partial charge in [0, 0.05) is 23.6 Å². The van der Waals surface area contributed by atoms with Crippen molar-refractivity contribution in [1.82, 2.24) is 10.0 Å². The number of hydrogen-bond acceptors (Lipinski definition) is 3. The minimum absolute atomic E-state index is 0.410. The fourth-order valence-electron chi connectivity index (χ4n) is 2.62. The van der Waals surface area contributed by atoms with Crippen LogP contribution >= 0.6 is 0 Å². The van der Waals surface area contributed by atoms with Crippen molar-refractivity contribution in [3.63, 3.8) is 0 Å². The van der Waals surface area contributed by atoms with Gasteiger partial charge in [-0.3, -0.25) is 10.0 Å². The van der Waals surface area contributed by atoms with Crippen LogP contribution in [0.15, 0.2) is 30.5 Å². The summed E-state index contributed by atoms with van der Waals surface area (Å²) < 4.78 is 2.23. The number of fused-ring (bicyclic) bond motifs is 1. The molecule has 5 heteroatoms. The van der Waals surface area contributed by atoms with Crippen molar-refractivity contribution in [3.05, 3.63) is 36.0 Å². The molecule has 1 atom stereocenters. The van der Waals surface area contributed by atoms with E-state index >= 15 is 0 Å². The van der Waals surface area contributed by atoms with E-state index in [9.17, 15) is 4.79 Å². The molecule has 0 fully saturated rings. The molecule has 21 heavy (non-hydrogen) atoms. The topological polar surface area (TPSA) is 80.3 Å². The molecular weight excluding hydrogens is 266 g/mol. The summed E-state index contributed by atoms with van der Waals surface area (Å²) in [6.45, 7) is 3.15. The molecule has 1 amide bonds. The summed E-state index contributed by atoms with van der Waals surface area (Å²) in [5, 5.41) is 9.78. The highest BCUT2D eigenvalue weighted by Gasteiger charge is 2.16. The average Bonchev–Trinajstić information content (AvgIpc) is 2.85. The zero-order chi connectivity index (χ0) is 15.2. The zero-order valence-electron chi connectivity index (χ0n) is 12.4. The predicted octanol–water partition coefficient (Wildman–Crippen LogP) is 2.21. The smallest absolute Gasteiger partial charge is 0.260 e. The molecule has 0 aliphatic heterocycles. The summed E-state index contributed by atoms with van der Waals surface area (Å²) in [6.07, 6.45) is 6.01. The van der Waals surface area contributed by atoms with Crippen LogP contribution in [0.1, 0.15) is 31.7 Å². The van der Waals surface area contributed by atoms with E-state index in [2.05, 4.69) is 23.8 Å². The van der Waals surface area contributed by atoms with E-state index in [4.69, 9.17) is 10.9 Å². The Balaban J connectivity index is 2.25. The Labute approximate surface area is 124 Å². The number of hydrogen-bond donors (Lipinski definition) is 3. The number of unbranched alkanes of at least 4 members (excludes halogenated alkanes) is 2. The second-order valence-electron chi connectivity index (χ2n) is 5.36. The first-order valence-electron chi connectivity index (χ1n) is 7.43. The molecule has 2 rings (SSSR count). The summed E-state index contributed by atoms with van der Waals surface area (Å²) in [5.41, 5.74) is 9.62. The van der Waals surface area contributed by atoms with Crippen LogP contribution in [0.25, 0.3) is 10.9 Å². The molecule has 4 N–H and O–H groups in total. The van der Waals surface area contributed by atoms with E-state index in [1.807, 2.05) is 18.2 Å². The number of nitrogens with one attached hydrogen (secondary N) is 1. The largest absolute Gasteiger partial charge is 0.347 e. The predicted molar refractivity (Wildman–Crippen MR) is 83.1 cm³/mol. The molecule has 0 unspecified atom stereocenters. The van der Waals surface area contributed by atoms with Gasteiger partial charge in [0.15, 0.2) is 0 Å². The number of amides is 1. The minimum Gasteiger partial charge on any atom is -0.347 e. The van der Waals surface area contributed by atoms with Gasteiger partial charge in [-0.25, -0.2) is 5.48 Å². The third kappa shape index (κ3) is 3.62. The lowest BCUT2D eigenvalue weighted by molar-refractivity contribution is -0.130. The van der Waals surface area contributed by atoms with E-state index < -0.39 is 11.9 Å². The molecule has 2 aromatic rings. The molecule has 114 valence electrons. The molecule has 0 saturated carbocycles. The fourth-order valence-corrected chi connectivity index (χ4v) is 2.62. The second kappa shape index (κ2) is 7.24. The van der Waals surface area contributed by atoms with Gasteiger partial charge in [0.1, 0.15) is 0 Å². The van der Waals surface area contributed by atoms with Crippen molar-refractivity contribution < 1.29 is 10.0 Å². The van der Waals surface area contributed by atoms with Crippen LogP contribution in [0.3, 0.4) is 0 Å². The lowest BCUT2D eigenvalue weighted by Crippen LogP contribution is -2.40. The molecule has 0 bridgehead atoms. The second-order valence-corrected chi connectivity index (χ2v) is 5.36. The van der Waals surface area contributed by atoms with Crippen LogP contribution in [0.5, 0.6) is 0 Å². The van der Waals surface area contributed by atoms with Gasteiger partial charge in [-0.1, -0.05) is 38.0 Å². The number of aromatic nitrogens is 1. The molecule has 1 aromatic carbocycles. The summed E-state index contributed by atoms with van der Waals surface area (Å²) in [7, 11) is 0. The molecule has 0 spiro atoms. The van der Waals surface area contributed by atoms with E-state index in [1.165, 1.54) is 18.4 Å². The number of nitrogens with zero attached hydrogens (tertiary/aromatic N) is 1. The first-order valence-corrected chi connectivity index (χ1v) is 7.43. The average molecular weight is 289 g/mol. The van der Waals surface area contributed by atoms with Crippen LogP contribution in [0, 0.1) is 0 Å². The Kier molecular flexibility index (Phi) is 5.36. The van der Waals surface area contributed by atoms with Crippen LogP contribution in [-0.4, -0.2) is 21.7 Å². The molecular formula is C16H23N3O2. The zero-order valence-corrected chi connectivity index (χ0v) is 12.4. The summed E-state index contributed by atoms with van der Waals surface area (Å²) in [5.74, 6) is -0.558. The minimum atomic E-state index is -0.745. The highest BCUT2D eigenvalue weighted by molar-refractivity contribution is 5.86. The highest BCUT2D eigenvalue weighted by atomic mass is 16.5. The Morgan fingerprint density at radius 2 is 2.14 bits per heavy atom. The third-order valence-electron chi connectivity index (χ3n) is 3.76. The van der Waals surface area contributed by atoms with E-state index in [0.717, 1.165) is 23.9 Å². The number of aryl methyl sites for hydroxylation is 1. The van der Waals surface area contributed by atoms with Gasteiger partial charge >= 0.3 is 0 Å². The number of para-hydroxylation sites is 1. The molecule has 0 aliphatic carbocycles. The van der Waals surface area contributed by atoms with Crippen molar-refractivity contribution >= 4 is 16.8 Å². The Bertz CT molecular complexity index is 607. The van der Waals surface area contributed by atoms with Gasteiger partial charge in [-0.2, -0.15) is 0 Å². The number of hydroxylamine groups is 1. The van der Waals surface area contributed by atoms with Crippen LogP contribution in [0.2, 0.25) is 0 Å². The monoisotopic (exact) mass is 289 g/mol. The molecule has 0 radical (unpaired) electrons. The third-order valence-corrected chi connectivity index (χ3v) is 3.76. The van der Waals surface area contributed by atoms with Crippen molar-refractivity contribution in [2.45, 2.75) is 45.2 Å². The summed E-state index contributed by atoms with van der Waals surface area (Å²) in [6, 6.07) is 7.39. The van der Waals surface area contributed by atoms with Gasteiger partial charge < -0.3 is 10.3 Å². The standard InChI is InChI=1S/C16H23N3O2/c1-2-3-6-9-19-11-12(10-14(17)16(20)18-21)13-7-4-5-8-15(13)19/h4-5,7-8,11,14,21H,2-3,6,9-10,17H2,1H3,(H,18,20)/t14-/m0/s1. The van der Waals surface area contributed by atoms with E-state index in [0.29, 0.717) is 6.42 Å². The number of rotatable bonds is 7. The molecule has 0 aliphatic rings. The number of carbonyl (C=O) groups excluding carboxylic acids is 1. The molecule has 1 aromatic heterocycles. The summed E-state index contributed by atoms with van der Waals surface area (Å²) in [4.78, 5) is 11.4. The number of carbonyl (C=O) groups is 1. The number of nitrogens with two attached hydrogens (primary N) is 1. The summed E-state index contributed by atoms with van der Waals surface area (Å²) >= 11 is 0. The normalized spacial score (nSPS) is 12.5. The maximum absolute atomic E-state index is 11.4. The quantitative estimate of drug-likeness (QED) is 0.415. The maximum Gasteiger partial charge on any atom is 0.260 e. The maximum atomic E-state index is 11.4. The van der Waals surface area contributed by atoms with Crippen LogP contribution < -0.4 is 11.2 Å². The molecule has 1 heterocycles. The highest BCUT2D eigenvalue weighted by Crippen LogP contribution is 2.23. The molecule has 0 saturated heterocycles. The van der Waals surface area contributed by atoms with E-state index in [1.54, 1.807) is 5.48 Å². The van der Waals surface area contributed by atoms with Crippen molar-refractivity contribution in [2.75, 3.05) is 0 Å².